The number of H-pyrrole nitrogens is 1. The third-order valence-electron chi connectivity index (χ3n) is 2.69. The van der Waals surface area contributed by atoms with Crippen molar-refractivity contribution >= 4 is 35.0 Å². The van der Waals surface area contributed by atoms with Gasteiger partial charge < -0.3 is 5.32 Å². The van der Waals surface area contributed by atoms with Gasteiger partial charge in [0.2, 0.25) is 11.1 Å². The molecule has 3 rings (SSSR count). The first-order valence-electron chi connectivity index (χ1n) is 6.26. The van der Waals surface area contributed by atoms with Crippen LogP contribution in [-0.2, 0) is 5.75 Å². The van der Waals surface area contributed by atoms with Gasteiger partial charge in [-0.25, -0.2) is 5.10 Å². The minimum absolute atomic E-state index is 0.606. The maximum Gasteiger partial charge on any atom is 0.223 e. The Balaban J connectivity index is 1.59. The number of rotatable bonds is 5. The monoisotopic (exact) mass is 317 g/mol. The van der Waals surface area contributed by atoms with Gasteiger partial charge in [0.05, 0.1) is 0 Å². The van der Waals surface area contributed by atoms with E-state index in [4.69, 9.17) is 11.6 Å². The van der Waals surface area contributed by atoms with Gasteiger partial charge in [-0.1, -0.05) is 23.4 Å². The van der Waals surface area contributed by atoms with Crippen LogP contribution in [0.5, 0.6) is 0 Å². The van der Waals surface area contributed by atoms with Gasteiger partial charge in [-0.3, -0.25) is 4.98 Å². The minimum Gasteiger partial charge on any atom is -0.325 e. The molecule has 0 atom stereocenters. The largest absolute Gasteiger partial charge is 0.325 e. The molecule has 0 unspecified atom stereocenters. The number of nitrogens with one attached hydrogen (secondary N) is 2. The Hall–Kier alpha value is -2.05. The van der Waals surface area contributed by atoms with Gasteiger partial charge in [-0.2, -0.15) is 4.98 Å². The minimum atomic E-state index is 0.606. The van der Waals surface area contributed by atoms with Crippen molar-refractivity contribution in [3.05, 3.63) is 59.4 Å². The fraction of sp³-hybridized carbons (Fsp3) is 0.0714. The zero-order valence-corrected chi connectivity index (χ0v) is 12.5. The van der Waals surface area contributed by atoms with Crippen molar-refractivity contribution in [1.29, 1.82) is 0 Å². The van der Waals surface area contributed by atoms with E-state index in [2.05, 4.69) is 25.5 Å². The summed E-state index contributed by atoms with van der Waals surface area (Å²) in [7, 11) is 0. The standard InChI is InChI=1S/C14H12ClN5S/c15-11-1-3-12(4-2-11)17-13-18-14(20-19-13)21-9-10-5-7-16-8-6-10/h1-8H,9H2,(H2,17,18,19,20). The number of hydrogen-bond acceptors (Lipinski definition) is 5. The van der Waals surface area contributed by atoms with Crippen LogP contribution in [-0.4, -0.2) is 20.2 Å². The number of halogens is 1. The molecule has 0 radical (unpaired) electrons. The Bertz CT molecular complexity index is 699. The van der Waals surface area contributed by atoms with E-state index < -0.39 is 0 Å². The Kier molecular flexibility index (Phi) is 4.37. The fourth-order valence-corrected chi connectivity index (χ4v) is 2.54. The summed E-state index contributed by atoms with van der Waals surface area (Å²) < 4.78 is 0. The van der Waals surface area contributed by atoms with Crippen LogP contribution >= 0.6 is 23.4 Å². The zero-order chi connectivity index (χ0) is 14.5. The van der Waals surface area contributed by atoms with Crippen LogP contribution in [0.3, 0.4) is 0 Å². The lowest BCUT2D eigenvalue weighted by Crippen LogP contribution is -1.91. The SMILES string of the molecule is Clc1ccc(Nc2nc(SCc3ccncc3)n[nH]2)cc1. The van der Waals surface area contributed by atoms with Gasteiger partial charge in [-0.05, 0) is 42.0 Å². The topological polar surface area (TPSA) is 66.5 Å². The van der Waals surface area contributed by atoms with E-state index >= 15 is 0 Å². The van der Waals surface area contributed by atoms with Crippen molar-refractivity contribution in [1.82, 2.24) is 20.2 Å². The van der Waals surface area contributed by atoms with E-state index in [1.54, 1.807) is 24.2 Å². The molecule has 0 fully saturated rings. The lowest BCUT2D eigenvalue weighted by atomic mass is 10.3. The molecule has 0 spiro atoms. The molecule has 2 N–H and O–H groups in total. The van der Waals surface area contributed by atoms with Crippen molar-refractivity contribution in [3.63, 3.8) is 0 Å². The molecule has 5 nitrogen and oxygen atoms in total. The predicted molar refractivity (Wildman–Crippen MR) is 84.9 cm³/mol. The molecule has 1 aromatic carbocycles. The van der Waals surface area contributed by atoms with Crippen LogP contribution in [0, 0.1) is 0 Å². The second-order valence-electron chi connectivity index (χ2n) is 4.24. The van der Waals surface area contributed by atoms with E-state index in [-0.39, 0.29) is 0 Å². The first-order valence-corrected chi connectivity index (χ1v) is 7.63. The highest BCUT2D eigenvalue weighted by Gasteiger charge is 2.04. The summed E-state index contributed by atoms with van der Waals surface area (Å²) in [6, 6.07) is 11.4. The molecular formula is C14H12ClN5S. The van der Waals surface area contributed by atoms with Crippen molar-refractivity contribution < 1.29 is 0 Å². The van der Waals surface area contributed by atoms with Crippen molar-refractivity contribution in [3.8, 4) is 0 Å². The van der Waals surface area contributed by atoms with Gasteiger partial charge in [0, 0.05) is 28.9 Å². The van der Waals surface area contributed by atoms with E-state index in [1.165, 1.54) is 5.56 Å². The van der Waals surface area contributed by atoms with Crippen LogP contribution in [0.15, 0.2) is 53.9 Å². The Morgan fingerprint density at radius 3 is 2.62 bits per heavy atom. The number of aromatic nitrogens is 4. The molecule has 2 aromatic heterocycles. The van der Waals surface area contributed by atoms with E-state index in [9.17, 15) is 0 Å². The lowest BCUT2D eigenvalue weighted by Gasteiger charge is -2.01. The molecule has 0 aliphatic heterocycles. The average molecular weight is 318 g/mol. The number of aromatic amines is 1. The molecule has 0 saturated carbocycles. The second kappa shape index (κ2) is 6.60. The van der Waals surface area contributed by atoms with E-state index in [0.717, 1.165) is 11.4 Å². The number of hydrogen-bond donors (Lipinski definition) is 2. The molecule has 0 amide bonds. The van der Waals surface area contributed by atoms with Gasteiger partial charge >= 0.3 is 0 Å². The van der Waals surface area contributed by atoms with E-state index in [1.807, 2.05) is 36.4 Å². The Morgan fingerprint density at radius 2 is 1.86 bits per heavy atom. The maximum absolute atomic E-state index is 5.85. The Morgan fingerprint density at radius 1 is 1.10 bits per heavy atom. The third kappa shape index (κ3) is 3.96. The number of nitrogens with zero attached hydrogens (tertiary/aromatic N) is 3. The van der Waals surface area contributed by atoms with Crippen molar-refractivity contribution in [2.24, 2.45) is 0 Å². The van der Waals surface area contributed by atoms with Crippen molar-refractivity contribution in [2.75, 3.05) is 5.32 Å². The predicted octanol–water partition coefficient (Wildman–Crippen LogP) is 3.89. The molecule has 0 aliphatic rings. The fourth-order valence-electron chi connectivity index (χ4n) is 1.66. The average Bonchev–Trinajstić information content (AvgIpc) is 2.96. The summed E-state index contributed by atoms with van der Waals surface area (Å²) in [6.07, 6.45) is 3.56. The first kappa shape index (κ1) is 13.9. The smallest absolute Gasteiger partial charge is 0.223 e. The molecule has 0 aliphatic carbocycles. The quantitative estimate of drug-likeness (QED) is 0.699. The molecule has 3 aromatic rings. The Labute approximate surface area is 131 Å². The summed E-state index contributed by atoms with van der Waals surface area (Å²) >= 11 is 7.41. The normalized spacial score (nSPS) is 10.5. The number of benzene rings is 1. The van der Waals surface area contributed by atoms with Gasteiger partial charge in [0.1, 0.15) is 0 Å². The lowest BCUT2D eigenvalue weighted by molar-refractivity contribution is 0.973. The van der Waals surface area contributed by atoms with Crippen molar-refractivity contribution in [2.45, 2.75) is 10.9 Å². The molecule has 7 heteroatoms. The maximum atomic E-state index is 5.85. The van der Waals surface area contributed by atoms with Gasteiger partial charge in [0.25, 0.3) is 0 Å². The van der Waals surface area contributed by atoms with Crippen LogP contribution < -0.4 is 5.32 Å². The molecule has 0 saturated heterocycles. The summed E-state index contributed by atoms with van der Waals surface area (Å²) in [5.74, 6) is 1.41. The summed E-state index contributed by atoms with van der Waals surface area (Å²) in [4.78, 5) is 8.37. The number of pyridine rings is 1. The highest BCUT2D eigenvalue weighted by Crippen LogP contribution is 2.21. The molecule has 2 heterocycles. The van der Waals surface area contributed by atoms with E-state index in [0.29, 0.717) is 16.1 Å². The second-order valence-corrected chi connectivity index (χ2v) is 5.62. The summed E-state index contributed by atoms with van der Waals surface area (Å²) in [5, 5.41) is 11.6. The molecule has 21 heavy (non-hydrogen) atoms. The number of anilines is 2. The van der Waals surface area contributed by atoms with Gasteiger partial charge in [0.15, 0.2) is 0 Å². The van der Waals surface area contributed by atoms with Gasteiger partial charge in [-0.15, -0.1) is 5.10 Å². The summed E-state index contributed by atoms with van der Waals surface area (Å²) in [6.45, 7) is 0. The zero-order valence-electron chi connectivity index (χ0n) is 11.0. The van der Waals surface area contributed by atoms with Crippen LogP contribution in [0.2, 0.25) is 5.02 Å². The third-order valence-corrected chi connectivity index (χ3v) is 3.86. The van der Waals surface area contributed by atoms with Crippen LogP contribution in [0.4, 0.5) is 11.6 Å². The first-order chi connectivity index (χ1) is 10.3. The van der Waals surface area contributed by atoms with Crippen LogP contribution in [0.25, 0.3) is 0 Å². The molecule has 0 bridgehead atoms. The summed E-state index contributed by atoms with van der Waals surface area (Å²) in [5.41, 5.74) is 2.09. The molecular weight excluding hydrogens is 306 g/mol. The highest BCUT2D eigenvalue weighted by atomic mass is 35.5. The number of thioether (sulfide) groups is 1. The molecule has 106 valence electrons. The van der Waals surface area contributed by atoms with Crippen LogP contribution in [0.1, 0.15) is 5.56 Å². The highest BCUT2D eigenvalue weighted by molar-refractivity contribution is 7.98.